The van der Waals surface area contributed by atoms with E-state index in [2.05, 4.69) is 0 Å². The minimum Gasteiger partial charge on any atom is -0.462 e. The molecule has 0 spiro atoms. The summed E-state index contributed by atoms with van der Waals surface area (Å²) in [7, 11) is -1.77. The van der Waals surface area contributed by atoms with Gasteiger partial charge < -0.3 is 14.2 Å². The van der Waals surface area contributed by atoms with Crippen LogP contribution in [-0.4, -0.2) is 34.8 Å². The lowest BCUT2D eigenvalue weighted by Crippen LogP contribution is -2.24. The smallest absolute Gasteiger partial charge is 0.303 e. The number of hydrogen-bond acceptors (Lipinski definition) is 7. The van der Waals surface area contributed by atoms with Gasteiger partial charge >= 0.3 is 17.9 Å². The Balaban J connectivity index is 2.61. The third kappa shape index (κ3) is 7.77. The van der Waals surface area contributed by atoms with Crippen LogP contribution >= 0.6 is 0 Å². The molecule has 0 fully saturated rings. The van der Waals surface area contributed by atoms with Gasteiger partial charge in [-0.25, -0.2) is 4.21 Å². The summed E-state index contributed by atoms with van der Waals surface area (Å²) in [6, 6.07) is 15.9. The topological polar surface area (TPSA) is 96.0 Å². The highest BCUT2D eigenvalue weighted by Crippen LogP contribution is 2.32. The lowest BCUT2D eigenvalue weighted by Gasteiger charge is -2.23. The summed E-state index contributed by atoms with van der Waals surface area (Å²) in [4.78, 5) is 35.5. The molecule has 0 bridgehead atoms. The lowest BCUT2D eigenvalue weighted by molar-refractivity contribution is -0.153. The van der Waals surface area contributed by atoms with Gasteiger partial charge in [-0.1, -0.05) is 48.0 Å². The molecule has 2 rings (SSSR count). The molecule has 0 amide bonds. The molecule has 2 aromatic carbocycles. The fourth-order valence-corrected chi connectivity index (χ4v) is 4.15. The average Bonchev–Trinajstić information content (AvgIpc) is 2.74. The number of hydrogen-bond donors (Lipinski definition) is 0. The van der Waals surface area contributed by atoms with Crippen LogP contribution in [0.3, 0.4) is 0 Å². The second-order valence-corrected chi connectivity index (χ2v) is 8.48. The molecule has 0 aromatic heterocycles. The van der Waals surface area contributed by atoms with Crippen molar-refractivity contribution in [2.75, 3.05) is 6.61 Å². The molecular weight excluding hydrogens is 432 g/mol. The van der Waals surface area contributed by atoms with Crippen molar-refractivity contribution >= 4 is 28.7 Å². The van der Waals surface area contributed by atoms with E-state index in [0.717, 1.165) is 5.56 Å². The van der Waals surface area contributed by atoms with Crippen LogP contribution in [0.2, 0.25) is 0 Å². The maximum Gasteiger partial charge on any atom is 0.303 e. The predicted molar refractivity (Wildman–Crippen MR) is 119 cm³/mol. The highest BCUT2D eigenvalue weighted by molar-refractivity contribution is 7.89. The van der Waals surface area contributed by atoms with E-state index in [4.69, 9.17) is 14.2 Å². The third-order valence-electron chi connectivity index (χ3n) is 4.21. The average molecular weight is 459 g/mol. The van der Waals surface area contributed by atoms with Crippen LogP contribution < -0.4 is 0 Å². The molecule has 1 unspecified atom stereocenters. The molecule has 0 radical (unpaired) electrons. The molecule has 8 heteroatoms. The number of carbonyl (C=O) groups is 3. The minimum atomic E-state index is -1.77. The summed E-state index contributed by atoms with van der Waals surface area (Å²) in [5.41, 5.74) is 1.58. The molecule has 2 aromatic rings. The van der Waals surface area contributed by atoms with E-state index in [9.17, 15) is 18.6 Å². The normalized spacial score (nSPS) is 14.1. The zero-order valence-electron chi connectivity index (χ0n) is 18.4. The largest absolute Gasteiger partial charge is 0.462 e. The Morgan fingerprint density at radius 2 is 1.47 bits per heavy atom. The first-order valence-electron chi connectivity index (χ1n) is 9.90. The van der Waals surface area contributed by atoms with Crippen molar-refractivity contribution in [1.82, 2.24) is 0 Å². The summed E-state index contributed by atoms with van der Waals surface area (Å²) in [5.74, 6) is -1.74. The molecule has 3 atom stereocenters. The van der Waals surface area contributed by atoms with Crippen LogP contribution in [0.1, 0.15) is 38.0 Å². The van der Waals surface area contributed by atoms with Crippen LogP contribution in [0.25, 0.3) is 0 Å². The molecule has 0 aliphatic rings. The van der Waals surface area contributed by atoms with Crippen LogP contribution in [0.4, 0.5) is 0 Å². The van der Waals surface area contributed by atoms with Crippen molar-refractivity contribution < 1.29 is 32.8 Å². The number of rotatable bonds is 9. The van der Waals surface area contributed by atoms with Crippen molar-refractivity contribution in [2.24, 2.45) is 0 Å². The lowest BCUT2D eigenvalue weighted by atomic mass is 10.1. The molecule has 170 valence electrons. The Bertz CT molecular complexity index is 997. The first kappa shape index (κ1) is 25.0. The highest BCUT2D eigenvalue weighted by atomic mass is 32.2. The Hall–Kier alpha value is -3.26. The van der Waals surface area contributed by atoms with Gasteiger partial charge in [0.05, 0.1) is 15.7 Å². The standard InChI is InChI=1S/C24H26O7S/c1-16-10-12-22(13-11-16)32(28)23(14-21(30-18(3)26)15-29-17(2)25)24(31-19(4)27)20-8-6-5-7-9-20/h5-14,21,24H,15H2,1-4H3/b23-14-/t21-,24-,32?/m1/s1. The first-order chi connectivity index (χ1) is 15.2. The van der Waals surface area contributed by atoms with Crippen LogP contribution in [-0.2, 0) is 39.4 Å². The molecule has 7 nitrogen and oxygen atoms in total. The van der Waals surface area contributed by atoms with Crippen molar-refractivity contribution in [1.29, 1.82) is 0 Å². The van der Waals surface area contributed by atoms with Gasteiger partial charge in [-0.15, -0.1) is 0 Å². The van der Waals surface area contributed by atoms with Gasteiger partial charge in [0.2, 0.25) is 0 Å². The quantitative estimate of drug-likeness (QED) is 0.417. The van der Waals surface area contributed by atoms with Gasteiger partial charge in [-0.3, -0.25) is 14.4 Å². The molecule has 0 aliphatic carbocycles. The Morgan fingerprint density at radius 3 is 2.00 bits per heavy atom. The summed E-state index contributed by atoms with van der Waals surface area (Å²) in [6.07, 6.45) is -0.616. The summed E-state index contributed by atoms with van der Waals surface area (Å²) >= 11 is 0. The van der Waals surface area contributed by atoms with E-state index in [0.29, 0.717) is 10.5 Å². The van der Waals surface area contributed by atoms with Gasteiger partial charge in [-0.05, 0) is 30.7 Å². The summed E-state index contributed by atoms with van der Waals surface area (Å²) < 4.78 is 29.4. The van der Waals surface area contributed by atoms with E-state index in [1.807, 2.05) is 19.1 Å². The third-order valence-corrected chi connectivity index (χ3v) is 5.69. The zero-order valence-corrected chi connectivity index (χ0v) is 19.2. The monoisotopic (exact) mass is 458 g/mol. The van der Waals surface area contributed by atoms with E-state index < -0.39 is 40.9 Å². The van der Waals surface area contributed by atoms with Gasteiger partial charge in [0, 0.05) is 25.7 Å². The SMILES string of the molecule is CC(=O)OC[C@@H](/C=C(/[C@H](OC(C)=O)c1ccccc1)S(=O)c1ccc(C)cc1)OC(C)=O. The number of ether oxygens (including phenoxy) is 3. The second-order valence-electron chi connectivity index (χ2n) is 7.00. The molecule has 0 heterocycles. The molecule has 0 saturated carbocycles. The first-order valence-corrected chi connectivity index (χ1v) is 11.0. The Labute approximate surface area is 189 Å². The van der Waals surface area contributed by atoms with E-state index in [-0.39, 0.29) is 11.5 Å². The van der Waals surface area contributed by atoms with Crippen LogP contribution in [0.15, 0.2) is 70.5 Å². The molecular formula is C24H26O7S. The number of aryl methyl sites for hydroxylation is 1. The Kier molecular flexibility index (Phi) is 9.34. The number of esters is 3. The molecule has 0 saturated heterocycles. The molecule has 0 N–H and O–H groups in total. The zero-order chi connectivity index (χ0) is 23.7. The fraction of sp³-hybridized carbons (Fsp3) is 0.292. The van der Waals surface area contributed by atoms with Gasteiger partial charge in [-0.2, -0.15) is 0 Å². The maximum absolute atomic E-state index is 13.6. The minimum absolute atomic E-state index is 0.189. The summed E-state index contributed by atoms with van der Waals surface area (Å²) in [6.45, 7) is 5.33. The summed E-state index contributed by atoms with van der Waals surface area (Å²) in [5, 5.41) is 0. The van der Waals surface area contributed by atoms with Gasteiger partial charge in [0.15, 0.2) is 12.2 Å². The number of carbonyl (C=O) groups excluding carboxylic acids is 3. The van der Waals surface area contributed by atoms with E-state index >= 15 is 0 Å². The number of benzene rings is 2. The van der Waals surface area contributed by atoms with Crippen LogP contribution in [0.5, 0.6) is 0 Å². The molecule has 32 heavy (non-hydrogen) atoms. The van der Waals surface area contributed by atoms with Crippen molar-refractivity contribution in [3.8, 4) is 0 Å². The molecule has 0 aliphatic heterocycles. The maximum atomic E-state index is 13.6. The highest BCUT2D eigenvalue weighted by Gasteiger charge is 2.28. The van der Waals surface area contributed by atoms with E-state index in [1.54, 1.807) is 42.5 Å². The second kappa shape index (κ2) is 12.0. The predicted octanol–water partition coefficient (Wildman–Crippen LogP) is 3.79. The van der Waals surface area contributed by atoms with Gasteiger partial charge in [0.25, 0.3) is 0 Å². The Morgan fingerprint density at radius 1 is 0.875 bits per heavy atom. The van der Waals surface area contributed by atoms with Gasteiger partial charge in [0.1, 0.15) is 6.61 Å². The fourth-order valence-electron chi connectivity index (χ4n) is 2.84. The van der Waals surface area contributed by atoms with Crippen molar-refractivity contribution in [2.45, 2.75) is 44.8 Å². The van der Waals surface area contributed by atoms with Crippen LogP contribution in [0, 0.1) is 6.92 Å². The van der Waals surface area contributed by atoms with Crippen molar-refractivity contribution in [3.05, 3.63) is 76.7 Å². The van der Waals surface area contributed by atoms with Crippen molar-refractivity contribution in [3.63, 3.8) is 0 Å². The van der Waals surface area contributed by atoms with E-state index in [1.165, 1.54) is 26.8 Å².